The zero-order valence-corrected chi connectivity index (χ0v) is 12.1. The van der Waals surface area contributed by atoms with E-state index in [1.807, 2.05) is 0 Å². The quantitative estimate of drug-likeness (QED) is 0.772. The van der Waals surface area contributed by atoms with E-state index in [9.17, 15) is 8.42 Å². The summed E-state index contributed by atoms with van der Waals surface area (Å²) in [7, 11) is -1.41. The van der Waals surface area contributed by atoms with Crippen molar-refractivity contribution in [3.05, 3.63) is 0 Å². The molecule has 0 aliphatic heterocycles. The number of ether oxygens (including phenoxy) is 1. The van der Waals surface area contributed by atoms with Gasteiger partial charge in [-0.05, 0) is 31.6 Å². The summed E-state index contributed by atoms with van der Waals surface area (Å²) in [5.74, 6) is 0.693. The van der Waals surface area contributed by atoms with Crippen molar-refractivity contribution >= 4 is 10.0 Å². The Bertz CT molecular complexity index is 356. The van der Waals surface area contributed by atoms with Gasteiger partial charge in [-0.1, -0.05) is 19.3 Å². The van der Waals surface area contributed by atoms with Crippen LogP contribution in [0.15, 0.2) is 0 Å². The fraction of sp³-hybridized carbons (Fsp3) is 1.00. The van der Waals surface area contributed by atoms with Crippen LogP contribution in [0, 0.1) is 11.3 Å². The second kappa shape index (κ2) is 5.88. The third kappa shape index (κ3) is 3.68. The van der Waals surface area contributed by atoms with Crippen LogP contribution in [-0.2, 0) is 14.8 Å². The van der Waals surface area contributed by atoms with E-state index in [0.29, 0.717) is 24.8 Å². The van der Waals surface area contributed by atoms with Gasteiger partial charge in [0.25, 0.3) is 0 Å². The highest BCUT2D eigenvalue weighted by Gasteiger charge is 2.38. The molecule has 0 radical (unpaired) electrons. The van der Waals surface area contributed by atoms with Crippen LogP contribution in [0.4, 0.5) is 0 Å². The van der Waals surface area contributed by atoms with Crippen LogP contribution in [0.5, 0.6) is 0 Å². The predicted molar refractivity (Wildman–Crippen MR) is 71.9 cm³/mol. The standard InChI is InChI=1S/C13H25NO3S/c1-17-11-13(7-4-8-13)10-14-18(15,16)9-12-5-2-3-6-12/h12,14H,2-11H2,1H3. The fourth-order valence-electron chi connectivity index (χ4n) is 3.16. The van der Waals surface area contributed by atoms with Crippen molar-refractivity contribution in [1.82, 2.24) is 4.72 Å². The molecule has 2 rings (SSSR count). The van der Waals surface area contributed by atoms with Gasteiger partial charge in [0.1, 0.15) is 0 Å². The van der Waals surface area contributed by atoms with Crippen LogP contribution in [0.2, 0.25) is 0 Å². The molecule has 0 spiro atoms. The van der Waals surface area contributed by atoms with Crippen LogP contribution in [-0.4, -0.2) is 34.4 Å². The van der Waals surface area contributed by atoms with E-state index in [-0.39, 0.29) is 5.41 Å². The van der Waals surface area contributed by atoms with Gasteiger partial charge in [-0.25, -0.2) is 13.1 Å². The lowest BCUT2D eigenvalue weighted by molar-refractivity contribution is 0.0220. The molecule has 2 fully saturated rings. The number of hydrogen-bond acceptors (Lipinski definition) is 3. The zero-order chi connectivity index (χ0) is 13.1. The highest BCUT2D eigenvalue weighted by molar-refractivity contribution is 7.89. The average Bonchev–Trinajstić information content (AvgIpc) is 2.73. The molecule has 2 aliphatic rings. The van der Waals surface area contributed by atoms with Crippen LogP contribution in [0.3, 0.4) is 0 Å². The van der Waals surface area contributed by atoms with Gasteiger partial charge in [0.2, 0.25) is 10.0 Å². The molecule has 0 aromatic heterocycles. The summed E-state index contributed by atoms with van der Waals surface area (Å²) < 4.78 is 32.1. The number of methoxy groups -OCH3 is 1. The van der Waals surface area contributed by atoms with Gasteiger partial charge >= 0.3 is 0 Å². The van der Waals surface area contributed by atoms with Crippen LogP contribution >= 0.6 is 0 Å². The fourth-order valence-corrected chi connectivity index (χ4v) is 4.76. The maximum absolute atomic E-state index is 12.0. The Labute approximate surface area is 111 Å². The average molecular weight is 275 g/mol. The summed E-state index contributed by atoms with van der Waals surface area (Å²) in [5.41, 5.74) is 0.0670. The van der Waals surface area contributed by atoms with Gasteiger partial charge in [0.15, 0.2) is 0 Å². The van der Waals surface area contributed by atoms with Gasteiger partial charge in [-0.3, -0.25) is 0 Å². The normalized spacial score (nSPS) is 24.1. The lowest BCUT2D eigenvalue weighted by atomic mass is 9.69. The van der Waals surface area contributed by atoms with Crippen molar-refractivity contribution in [2.75, 3.05) is 26.0 Å². The monoisotopic (exact) mass is 275 g/mol. The number of rotatable bonds is 7. The largest absolute Gasteiger partial charge is 0.384 e. The van der Waals surface area contributed by atoms with Gasteiger partial charge in [0.05, 0.1) is 12.4 Å². The number of sulfonamides is 1. The first-order valence-electron chi connectivity index (χ1n) is 7.02. The van der Waals surface area contributed by atoms with Gasteiger partial charge in [-0.15, -0.1) is 0 Å². The Morgan fingerprint density at radius 1 is 1.22 bits per heavy atom. The highest BCUT2D eigenvalue weighted by atomic mass is 32.2. The molecule has 1 N–H and O–H groups in total. The predicted octanol–water partition coefficient (Wildman–Crippen LogP) is 1.91. The minimum absolute atomic E-state index is 0.0670. The molecule has 0 amide bonds. The summed E-state index contributed by atoms with van der Waals surface area (Å²) in [5, 5.41) is 0. The van der Waals surface area contributed by atoms with E-state index in [1.165, 1.54) is 19.3 Å². The second-order valence-corrected chi connectivity index (χ2v) is 7.89. The summed E-state index contributed by atoms with van der Waals surface area (Å²) in [6.07, 6.45) is 7.86. The van der Waals surface area contributed by atoms with Gasteiger partial charge < -0.3 is 4.74 Å². The van der Waals surface area contributed by atoms with Crippen LogP contribution < -0.4 is 4.72 Å². The van der Waals surface area contributed by atoms with Crippen molar-refractivity contribution in [2.45, 2.75) is 44.9 Å². The van der Waals surface area contributed by atoms with Crippen molar-refractivity contribution in [3.8, 4) is 0 Å². The number of hydrogen-bond donors (Lipinski definition) is 1. The molecule has 18 heavy (non-hydrogen) atoms. The molecule has 0 aromatic rings. The van der Waals surface area contributed by atoms with Crippen molar-refractivity contribution in [3.63, 3.8) is 0 Å². The molecule has 0 heterocycles. The lowest BCUT2D eigenvalue weighted by Gasteiger charge is -2.41. The molecule has 2 saturated carbocycles. The molecule has 0 bridgehead atoms. The summed E-state index contributed by atoms with van der Waals surface area (Å²) in [6, 6.07) is 0. The first-order valence-corrected chi connectivity index (χ1v) is 8.67. The van der Waals surface area contributed by atoms with Crippen LogP contribution in [0.25, 0.3) is 0 Å². The highest BCUT2D eigenvalue weighted by Crippen LogP contribution is 2.40. The third-order valence-corrected chi connectivity index (χ3v) is 5.96. The summed E-state index contributed by atoms with van der Waals surface area (Å²) >= 11 is 0. The van der Waals surface area contributed by atoms with E-state index in [1.54, 1.807) is 7.11 Å². The molecule has 2 aliphatic carbocycles. The Morgan fingerprint density at radius 2 is 1.89 bits per heavy atom. The first-order chi connectivity index (χ1) is 8.55. The maximum Gasteiger partial charge on any atom is 0.211 e. The van der Waals surface area contributed by atoms with Crippen molar-refractivity contribution in [1.29, 1.82) is 0 Å². The molecular weight excluding hydrogens is 250 g/mol. The summed E-state index contributed by atoms with van der Waals surface area (Å²) in [4.78, 5) is 0. The SMILES string of the molecule is COCC1(CNS(=O)(=O)CC2CCCC2)CCC1. The lowest BCUT2D eigenvalue weighted by Crippen LogP contribution is -2.45. The van der Waals surface area contributed by atoms with E-state index < -0.39 is 10.0 Å². The maximum atomic E-state index is 12.0. The summed E-state index contributed by atoms with van der Waals surface area (Å²) in [6.45, 7) is 1.22. The van der Waals surface area contributed by atoms with E-state index >= 15 is 0 Å². The molecule has 106 valence electrons. The Hall–Kier alpha value is -0.130. The molecule has 4 nitrogen and oxygen atoms in total. The first kappa shape index (κ1) is 14.3. The molecule has 0 aromatic carbocycles. The Kier molecular flexibility index (Phi) is 4.67. The molecule has 0 atom stereocenters. The van der Waals surface area contributed by atoms with E-state index in [2.05, 4.69) is 4.72 Å². The minimum atomic E-state index is -3.10. The topological polar surface area (TPSA) is 55.4 Å². The van der Waals surface area contributed by atoms with Gasteiger partial charge in [0, 0.05) is 19.1 Å². The smallest absolute Gasteiger partial charge is 0.211 e. The second-order valence-electron chi connectivity index (χ2n) is 6.04. The molecule has 5 heteroatoms. The zero-order valence-electron chi connectivity index (χ0n) is 11.3. The molecule has 0 saturated heterocycles. The van der Waals surface area contributed by atoms with E-state index in [0.717, 1.165) is 25.7 Å². The molecule has 0 unspecified atom stereocenters. The third-order valence-electron chi connectivity index (χ3n) is 4.46. The van der Waals surface area contributed by atoms with E-state index in [4.69, 9.17) is 4.74 Å². The Balaban J connectivity index is 1.80. The minimum Gasteiger partial charge on any atom is -0.384 e. The molecular formula is C13H25NO3S. The number of nitrogens with one attached hydrogen (secondary N) is 1. The van der Waals surface area contributed by atoms with Crippen molar-refractivity contribution in [2.24, 2.45) is 11.3 Å². The van der Waals surface area contributed by atoms with Crippen molar-refractivity contribution < 1.29 is 13.2 Å². The van der Waals surface area contributed by atoms with Gasteiger partial charge in [-0.2, -0.15) is 0 Å². The Morgan fingerprint density at radius 3 is 2.39 bits per heavy atom. The van der Waals surface area contributed by atoms with Crippen LogP contribution in [0.1, 0.15) is 44.9 Å².